The van der Waals surface area contributed by atoms with Gasteiger partial charge in [0.05, 0.1) is 11.6 Å². The van der Waals surface area contributed by atoms with Crippen LogP contribution in [0.3, 0.4) is 0 Å². The first kappa shape index (κ1) is 14.6. The van der Waals surface area contributed by atoms with E-state index < -0.39 is 0 Å². The molecule has 0 radical (unpaired) electrons. The van der Waals surface area contributed by atoms with Gasteiger partial charge in [-0.25, -0.2) is 0 Å². The Bertz CT molecular complexity index is 596. The fourth-order valence-corrected chi connectivity index (χ4v) is 3.10. The van der Waals surface area contributed by atoms with Crippen molar-refractivity contribution >= 4 is 22.5 Å². The molecule has 1 aliphatic rings. The standard InChI is InChI=1S/C17H21ClN2O/c18-15-7-8-16(17-14(15)6-4-9-19-17)21-13-5-12-20-10-2-1-3-11-20/h4,6-9H,1-3,5,10-13H2. The number of likely N-dealkylation sites (tertiary alicyclic amines) is 1. The molecule has 3 rings (SSSR count). The fourth-order valence-electron chi connectivity index (χ4n) is 2.88. The van der Waals surface area contributed by atoms with E-state index in [2.05, 4.69) is 9.88 Å². The number of aromatic nitrogens is 1. The first-order chi connectivity index (χ1) is 10.3. The highest BCUT2D eigenvalue weighted by atomic mass is 35.5. The number of benzene rings is 1. The van der Waals surface area contributed by atoms with Gasteiger partial charge in [-0.15, -0.1) is 0 Å². The van der Waals surface area contributed by atoms with E-state index in [1.165, 1.54) is 32.4 Å². The van der Waals surface area contributed by atoms with Crippen LogP contribution < -0.4 is 4.74 Å². The number of rotatable bonds is 5. The largest absolute Gasteiger partial charge is 0.491 e. The highest BCUT2D eigenvalue weighted by molar-refractivity contribution is 6.35. The number of piperidine rings is 1. The van der Waals surface area contributed by atoms with E-state index in [1.807, 2.05) is 24.3 Å². The lowest BCUT2D eigenvalue weighted by Crippen LogP contribution is -2.31. The van der Waals surface area contributed by atoms with Gasteiger partial charge in [0.15, 0.2) is 0 Å². The third-order valence-corrected chi connectivity index (χ3v) is 4.33. The molecule has 1 saturated heterocycles. The summed E-state index contributed by atoms with van der Waals surface area (Å²) in [6.07, 6.45) is 6.89. The Labute approximate surface area is 130 Å². The maximum Gasteiger partial charge on any atom is 0.145 e. The summed E-state index contributed by atoms with van der Waals surface area (Å²) in [7, 11) is 0. The highest BCUT2D eigenvalue weighted by Gasteiger charge is 2.10. The minimum absolute atomic E-state index is 0.721. The van der Waals surface area contributed by atoms with Crippen molar-refractivity contribution in [3.05, 3.63) is 35.5 Å². The molecular weight excluding hydrogens is 284 g/mol. The van der Waals surface area contributed by atoms with Crippen molar-refractivity contribution in [2.75, 3.05) is 26.2 Å². The van der Waals surface area contributed by atoms with Gasteiger partial charge >= 0.3 is 0 Å². The van der Waals surface area contributed by atoms with Gasteiger partial charge in [0.1, 0.15) is 11.3 Å². The molecule has 0 N–H and O–H groups in total. The van der Waals surface area contributed by atoms with Gasteiger partial charge in [0.25, 0.3) is 0 Å². The molecule has 1 fully saturated rings. The molecule has 112 valence electrons. The lowest BCUT2D eigenvalue weighted by Gasteiger charge is -2.26. The quantitative estimate of drug-likeness (QED) is 0.776. The van der Waals surface area contributed by atoms with Crippen molar-refractivity contribution in [1.82, 2.24) is 9.88 Å². The SMILES string of the molecule is Clc1ccc(OCCCN2CCCCC2)c2ncccc12. The van der Waals surface area contributed by atoms with Crippen LogP contribution in [0.1, 0.15) is 25.7 Å². The molecule has 2 aromatic rings. The smallest absolute Gasteiger partial charge is 0.145 e. The van der Waals surface area contributed by atoms with Crippen molar-refractivity contribution < 1.29 is 4.74 Å². The number of ether oxygens (including phenoxy) is 1. The molecule has 4 heteroatoms. The third kappa shape index (κ3) is 3.66. The molecule has 0 spiro atoms. The molecule has 2 heterocycles. The fraction of sp³-hybridized carbons (Fsp3) is 0.471. The number of hydrogen-bond acceptors (Lipinski definition) is 3. The molecule has 0 unspecified atom stereocenters. The van der Waals surface area contributed by atoms with Crippen LogP contribution in [0.4, 0.5) is 0 Å². The van der Waals surface area contributed by atoms with Crippen molar-refractivity contribution in [2.45, 2.75) is 25.7 Å². The van der Waals surface area contributed by atoms with Crippen LogP contribution in [0.25, 0.3) is 10.9 Å². The Morgan fingerprint density at radius 2 is 2.00 bits per heavy atom. The summed E-state index contributed by atoms with van der Waals surface area (Å²) in [5, 5.41) is 1.67. The number of hydrogen-bond donors (Lipinski definition) is 0. The lowest BCUT2D eigenvalue weighted by molar-refractivity contribution is 0.205. The molecule has 1 aromatic heterocycles. The zero-order chi connectivity index (χ0) is 14.5. The zero-order valence-corrected chi connectivity index (χ0v) is 13.0. The first-order valence-corrected chi connectivity index (χ1v) is 8.11. The van der Waals surface area contributed by atoms with E-state index >= 15 is 0 Å². The Balaban J connectivity index is 1.57. The summed E-state index contributed by atoms with van der Waals surface area (Å²) in [4.78, 5) is 6.92. The molecule has 21 heavy (non-hydrogen) atoms. The maximum atomic E-state index is 6.19. The van der Waals surface area contributed by atoms with E-state index in [4.69, 9.17) is 16.3 Å². The van der Waals surface area contributed by atoms with Crippen molar-refractivity contribution in [3.8, 4) is 5.75 Å². The average Bonchev–Trinajstić information content (AvgIpc) is 2.55. The van der Waals surface area contributed by atoms with Gasteiger partial charge in [-0.1, -0.05) is 18.0 Å². The van der Waals surface area contributed by atoms with E-state index in [9.17, 15) is 0 Å². The number of nitrogens with zero attached hydrogens (tertiary/aromatic N) is 2. The Kier molecular flexibility index (Phi) is 4.94. The van der Waals surface area contributed by atoms with Gasteiger partial charge in [-0.2, -0.15) is 0 Å². The Morgan fingerprint density at radius 1 is 1.14 bits per heavy atom. The average molecular weight is 305 g/mol. The molecule has 1 aromatic carbocycles. The van der Waals surface area contributed by atoms with Crippen molar-refractivity contribution in [2.24, 2.45) is 0 Å². The predicted molar refractivity (Wildman–Crippen MR) is 87.2 cm³/mol. The van der Waals surface area contributed by atoms with E-state index in [1.54, 1.807) is 6.20 Å². The van der Waals surface area contributed by atoms with E-state index in [0.29, 0.717) is 0 Å². The molecule has 0 bridgehead atoms. The van der Waals surface area contributed by atoms with E-state index in [-0.39, 0.29) is 0 Å². The van der Waals surface area contributed by atoms with Crippen molar-refractivity contribution in [1.29, 1.82) is 0 Å². The zero-order valence-electron chi connectivity index (χ0n) is 12.2. The second kappa shape index (κ2) is 7.10. The minimum atomic E-state index is 0.721. The molecule has 0 atom stereocenters. The monoisotopic (exact) mass is 304 g/mol. The Morgan fingerprint density at radius 3 is 2.86 bits per heavy atom. The minimum Gasteiger partial charge on any atom is -0.491 e. The normalized spacial score (nSPS) is 16.2. The summed E-state index contributed by atoms with van der Waals surface area (Å²) < 4.78 is 5.92. The topological polar surface area (TPSA) is 25.4 Å². The highest BCUT2D eigenvalue weighted by Crippen LogP contribution is 2.29. The number of fused-ring (bicyclic) bond motifs is 1. The molecule has 0 saturated carbocycles. The van der Waals surface area contributed by atoms with Crippen LogP contribution in [0.15, 0.2) is 30.5 Å². The van der Waals surface area contributed by atoms with Crippen LogP contribution in [-0.4, -0.2) is 36.1 Å². The van der Waals surface area contributed by atoms with Crippen LogP contribution in [0.5, 0.6) is 5.75 Å². The van der Waals surface area contributed by atoms with Gasteiger partial charge in [0.2, 0.25) is 0 Å². The maximum absolute atomic E-state index is 6.19. The van der Waals surface area contributed by atoms with Crippen molar-refractivity contribution in [3.63, 3.8) is 0 Å². The Hall–Kier alpha value is -1.32. The van der Waals surface area contributed by atoms with Crippen LogP contribution in [-0.2, 0) is 0 Å². The molecule has 1 aliphatic heterocycles. The summed E-state index contributed by atoms with van der Waals surface area (Å²) in [5.74, 6) is 0.827. The molecule has 0 aliphatic carbocycles. The number of pyridine rings is 1. The second-order valence-electron chi connectivity index (χ2n) is 5.55. The first-order valence-electron chi connectivity index (χ1n) is 7.73. The summed E-state index contributed by atoms with van der Waals surface area (Å²) in [6, 6.07) is 7.67. The van der Waals surface area contributed by atoms with Crippen LogP contribution in [0.2, 0.25) is 5.02 Å². The van der Waals surface area contributed by atoms with Crippen LogP contribution >= 0.6 is 11.6 Å². The van der Waals surface area contributed by atoms with Crippen LogP contribution in [0, 0.1) is 0 Å². The van der Waals surface area contributed by atoms with E-state index in [0.717, 1.165) is 41.2 Å². The molecular formula is C17H21ClN2O. The molecule has 3 nitrogen and oxygen atoms in total. The number of halogens is 1. The molecule has 0 amide bonds. The van der Waals surface area contributed by atoms with Gasteiger partial charge in [-0.3, -0.25) is 4.98 Å². The lowest BCUT2D eigenvalue weighted by atomic mass is 10.1. The third-order valence-electron chi connectivity index (χ3n) is 4.00. The van der Waals surface area contributed by atoms with Gasteiger partial charge in [-0.05, 0) is 56.6 Å². The second-order valence-corrected chi connectivity index (χ2v) is 5.96. The summed E-state index contributed by atoms with van der Waals surface area (Å²) in [6.45, 7) is 4.33. The summed E-state index contributed by atoms with van der Waals surface area (Å²) in [5.41, 5.74) is 0.850. The van der Waals surface area contributed by atoms with Gasteiger partial charge in [0, 0.05) is 18.1 Å². The summed E-state index contributed by atoms with van der Waals surface area (Å²) >= 11 is 6.19. The van der Waals surface area contributed by atoms with Gasteiger partial charge < -0.3 is 9.64 Å². The predicted octanol–water partition coefficient (Wildman–Crippen LogP) is 4.14.